The lowest BCUT2D eigenvalue weighted by atomic mass is 9.48. The molecule has 1 aliphatic heterocycles. The molecular formula is C22H32BrNO3. The Balaban J connectivity index is 1.38. The number of nitrogens with zero attached hydrogens (tertiary/aromatic N) is 1. The molecule has 6 fully saturated rings. The molecule has 4 nitrogen and oxygen atoms in total. The summed E-state index contributed by atoms with van der Waals surface area (Å²) in [5.41, 5.74) is 0.165. The van der Waals surface area contributed by atoms with Gasteiger partial charge in [0.2, 0.25) is 5.91 Å². The topological polar surface area (TPSA) is 46.6 Å². The third-order valence-corrected chi connectivity index (χ3v) is 9.41. The van der Waals surface area contributed by atoms with Gasteiger partial charge in [0.05, 0.1) is 7.11 Å². The number of methoxy groups -OCH3 is 1. The molecule has 5 aliphatic carbocycles. The van der Waals surface area contributed by atoms with Crippen LogP contribution in [0.3, 0.4) is 0 Å². The predicted octanol–water partition coefficient (Wildman–Crippen LogP) is 4.44. The van der Waals surface area contributed by atoms with Crippen molar-refractivity contribution in [2.45, 2.75) is 93.5 Å². The first-order chi connectivity index (χ1) is 12.9. The molecule has 0 spiro atoms. The number of carbonyl (C=O) groups excluding carboxylic acids is 2. The van der Waals surface area contributed by atoms with Crippen LogP contribution < -0.4 is 0 Å². The lowest BCUT2D eigenvalue weighted by Gasteiger charge is -2.60. The van der Waals surface area contributed by atoms with Crippen LogP contribution in [0.4, 0.5) is 0 Å². The average Bonchev–Trinajstić information content (AvgIpc) is 2.98. The minimum atomic E-state index is -0.345. The van der Waals surface area contributed by atoms with Crippen LogP contribution in [-0.2, 0) is 14.3 Å². The first kappa shape index (κ1) is 18.4. The minimum absolute atomic E-state index is 0.165. The van der Waals surface area contributed by atoms with Crippen LogP contribution in [0.5, 0.6) is 0 Å². The highest BCUT2D eigenvalue weighted by molar-refractivity contribution is 9.10. The molecule has 0 aromatic rings. The zero-order valence-corrected chi connectivity index (χ0v) is 18.0. The Kier molecular flexibility index (Phi) is 4.42. The average molecular weight is 438 g/mol. The Morgan fingerprint density at radius 2 is 1.78 bits per heavy atom. The summed E-state index contributed by atoms with van der Waals surface area (Å²) in [7, 11) is 1.46. The van der Waals surface area contributed by atoms with Crippen LogP contribution in [0.2, 0.25) is 0 Å². The Bertz CT molecular complexity index is 635. The number of hydrogen-bond donors (Lipinski definition) is 0. The molecule has 0 unspecified atom stereocenters. The third kappa shape index (κ3) is 3.07. The van der Waals surface area contributed by atoms with Crippen molar-refractivity contribution >= 4 is 27.8 Å². The van der Waals surface area contributed by atoms with Crippen molar-refractivity contribution in [1.29, 1.82) is 0 Å². The summed E-state index contributed by atoms with van der Waals surface area (Å²) in [6, 6.07) is -0.0790. The van der Waals surface area contributed by atoms with Gasteiger partial charge in [-0.25, -0.2) is 4.79 Å². The highest BCUT2D eigenvalue weighted by Gasteiger charge is 2.58. The second-order valence-corrected chi connectivity index (χ2v) is 12.2. The maximum Gasteiger partial charge on any atom is 0.328 e. The van der Waals surface area contributed by atoms with Crippen molar-refractivity contribution in [3.05, 3.63) is 0 Å². The van der Waals surface area contributed by atoms with Crippen LogP contribution in [-0.4, -0.2) is 40.3 Å². The largest absolute Gasteiger partial charge is 0.467 e. The molecular weight excluding hydrogens is 406 g/mol. The third-order valence-electron chi connectivity index (χ3n) is 8.49. The van der Waals surface area contributed by atoms with Crippen molar-refractivity contribution < 1.29 is 14.3 Å². The van der Waals surface area contributed by atoms with Crippen molar-refractivity contribution in [2.75, 3.05) is 7.11 Å². The molecule has 150 valence electrons. The number of hydrogen-bond acceptors (Lipinski definition) is 3. The van der Waals surface area contributed by atoms with E-state index < -0.39 is 0 Å². The zero-order valence-electron chi connectivity index (χ0n) is 16.4. The van der Waals surface area contributed by atoms with Gasteiger partial charge >= 0.3 is 5.97 Å². The van der Waals surface area contributed by atoms with E-state index >= 15 is 0 Å². The highest BCUT2D eigenvalue weighted by Crippen LogP contribution is 2.65. The number of fused-ring (bicyclic) bond motifs is 1. The van der Waals surface area contributed by atoms with Gasteiger partial charge in [-0.15, -0.1) is 0 Å². The Morgan fingerprint density at radius 1 is 1.07 bits per heavy atom. The van der Waals surface area contributed by atoms with Gasteiger partial charge in [0.25, 0.3) is 0 Å². The number of rotatable bonds is 3. The number of amides is 1. The summed E-state index contributed by atoms with van der Waals surface area (Å²) in [6.07, 6.45) is 13.6. The molecule has 6 rings (SSSR count). The van der Waals surface area contributed by atoms with Crippen LogP contribution >= 0.6 is 15.9 Å². The molecule has 27 heavy (non-hydrogen) atoms. The molecule has 1 saturated heterocycles. The number of likely N-dealkylation sites (tertiary alicyclic amines) is 1. The van der Waals surface area contributed by atoms with E-state index in [0.29, 0.717) is 12.3 Å². The standard InChI is InChI=1S/C22H32BrNO3/c1-27-20(26)18-7-16-4-2-3-5-17(16)24(18)19(25)12-21-8-14-6-15(9-21)11-22(23,10-14)13-21/h14-18H,2-13H2,1H3/t14-,15-,16+,17+,18+,21?,22?/m1/s1. The van der Waals surface area contributed by atoms with Crippen LogP contribution in [0, 0.1) is 23.2 Å². The summed E-state index contributed by atoms with van der Waals surface area (Å²) >= 11 is 4.07. The number of halogens is 1. The van der Waals surface area contributed by atoms with E-state index in [2.05, 4.69) is 15.9 Å². The molecule has 6 aliphatic rings. The van der Waals surface area contributed by atoms with E-state index in [1.807, 2.05) is 4.90 Å². The molecule has 0 N–H and O–H groups in total. The van der Waals surface area contributed by atoms with Crippen molar-refractivity contribution in [2.24, 2.45) is 23.2 Å². The monoisotopic (exact) mass is 437 g/mol. The number of alkyl halides is 1. The van der Waals surface area contributed by atoms with Crippen LogP contribution in [0.1, 0.15) is 77.0 Å². The zero-order chi connectivity index (χ0) is 18.8. The summed E-state index contributed by atoms with van der Waals surface area (Å²) in [6.45, 7) is 0. The molecule has 4 bridgehead atoms. The van der Waals surface area contributed by atoms with Gasteiger partial charge in [-0.3, -0.25) is 4.79 Å². The predicted molar refractivity (Wildman–Crippen MR) is 106 cm³/mol. The van der Waals surface area contributed by atoms with Crippen LogP contribution in [0.25, 0.3) is 0 Å². The number of ether oxygens (including phenoxy) is 1. The van der Waals surface area contributed by atoms with Crippen LogP contribution in [0.15, 0.2) is 0 Å². The maximum absolute atomic E-state index is 13.6. The summed E-state index contributed by atoms with van der Waals surface area (Å²) < 4.78 is 5.37. The number of esters is 1. The van der Waals surface area contributed by atoms with Crippen molar-refractivity contribution in [3.63, 3.8) is 0 Å². The van der Waals surface area contributed by atoms with E-state index in [4.69, 9.17) is 4.74 Å². The smallest absolute Gasteiger partial charge is 0.328 e. The fraction of sp³-hybridized carbons (Fsp3) is 0.909. The number of carbonyl (C=O) groups is 2. The van der Waals surface area contributed by atoms with Gasteiger partial charge in [-0.1, -0.05) is 28.8 Å². The molecule has 5 saturated carbocycles. The summed E-state index contributed by atoms with van der Waals surface area (Å²) in [5, 5.41) is 0. The second-order valence-electron chi connectivity index (χ2n) is 10.5. The molecule has 0 aromatic carbocycles. The van der Waals surface area contributed by atoms with Gasteiger partial charge in [0, 0.05) is 16.8 Å². The summed E-state index contributed by atoms with van der Waals surface area (Å²) in [5.74, 6) is 2.09. The Labute approximate surface area is 170 Å². The Hall–Kier alpha value is -0.580. The van der Waals surface area contributed by atoms with Gasteiger partial charge < -0.3 is 9.64 Å². The molecule has 5 atom stereocenters. The lowest BCUT2D eigenvalue weighted by molar-refractivity contribution is -0.155. The van der Waals surface area contributed by atoms with Gasteiger partial charge in [0.1, 0.15) is 6.04 Å². The van der Waals surface area contributed by atoms with Gasteiger partial charge in [0.15, 0.2) is 0 Å². The fourth-order valence-corrected chi connectivity index (χ4v) is 9.63. The van der Waals surface area contributed by atoms with E-state index in [0.717, 1.165) is 37.5 Å². The molecule has 5 heteroatoms. The van der Waals surface area contributed by atoms with E-state index in [9.17, 15) is 9.59 Å². The normalized spacial score (nSPS) is 47.8. The van der Waals surface area contributed by atoms with Gasteiger partial charge in [-0.2, -0.15) is 0 Å². The first-order valence-corrected chi connectivity index (χ1v) is 11.8. The molecule has 0 aromatic heterocycles. The lowest BCUT2D eigenvalue weighted by Crippen LogP contribution is -2.55. The maximum atomic E-state index is 13.6. The Morgan fingerprint density at radius 3 is 2.44 bits per heavy atom. The van der Waals surface area contributed by atoms with Gasteiger partial charge in [-0.05, 0) is 81.0 Å². The van der Waals surface area contributed by atoms with Crippen molar-refractivity contribution in [1.82, 2.24) is 4.90 Å². The molecule has 0 radical (unpaired) electrons. The second kappa shape index (κ2) is 6.47. The van der Waals surface area contributed by atoms with Crippen molar-refractivity contribution in [3.8, 4) is 0 Å². The quantitative estimate of drug-likeness (QED) is 0.484. The van der Waals surface area contributed by atoms with E-state index in [1.165, 1.54) is 52.1 Å². The fourth-order valence-electron chi connectivity index (χ4n) is 8.12. The molecule has 1 amide bonds. The SMILES string of the molecule is COC(=O)[C@@H]1C[C@@H]2CCCC[C@@H]2N1C(=O)CC12C[C@H]3C[C@@H](CC(Br)(C3)C1)C2. The molecule has 1 heterocycles. The minimum Gasteiger partial charge on any atom is -0.467 e. The summed E-state index contributed by atoms with van der Waals surface area (Å²) in [4.78, 5) is 28.1. The highest BCUT2D eigenvalue weighted by atomic mass is 79.9. The first-order valence-electron chi connectivity index (χ1n) is 11.0. The van der Waals surface area contributed by atoms with E-state index in [-0.39, 0.29) is 33.7 Å². The van der Waals surface area contributed by atoms with E-state index in [1.54, 1.807) is 0 Å².